The number of amides is 1. The van der Waals surface area contributed by atoms with E-state index in [4.69, 9.17) is 13.9 Å². The van der Waals surface area contributed by atoms with Crippen molar-refractivity contribution in [3.63, 3.8) is 0 Å². The molecule has 0 spiro atoms. The van der Waals surface area contributed by atoms with Crippen LogP contribution >= 0.6 is 11.3 Å². The molecule has 0 saturated carbocycles. The monoisotopic (exact) mass is 461 g/mol. The van der Waals surface area contributed by atoms with Gasteiger partial charge in [0.1, 0.15) is 17.7 Å². The third-order valence-electron chi connectivity index (χ3n) is 5.27. The van der Waals surface area contributed by atoms with Gasteiger partial charge in [-0.1, -0.05) is 42.2 Å². The van der Waals surface area contributed by atoms with Gasteiger partial charge in [-0.05, 0) is 36.8 Å². The molecule has 4 aromatic rings. The fraction of sp³-hybridized carbons (Fsp3) is 0.167. The molecule has 1 aliphatic rings. The Morgan fingerprint density at radius 1 is 1.18 bits per heavy atom. The first-order chi connectivity index (χ1) is 16.1. The van der Waals surface area contributed by atoms with E-state index in [1.54, 1.807) is 48.5 Å². The molecule has 0 saturated heterocycles. The molecule has 2 aromatic heterocycles. The number of hydrogen-bond donors (Lipinski definition) is 0. The van der Waals surface area contributed by atoms with E-state index in [0.29, 0.717) is 46.4 Å². The normalized spacial score (nSPS) is 15.0. The van der Waals surface area contributed by atoms with Crippen molar-refractivity contribution in [2.45, 2.75) is 13.0 Å². The number of carbonyl (C=O) groups is 1. The maximum atomic E-state index is 13.5. The molecule has 0 N–H and O–H groups in total. The van der Waals surface area contributed by atoms with Gasteiger partial charge in [0.2, 0.25) is 10.9 Å². The Morgan fingerprint density at radius 2 is 2.03 bits per heavy atom. The summed E-state index contributed by atoms with van der Waals surface area (Å²) >= 11 is 1.20. The number of benzene rings is 2. The van der Waals surface area contributed by atoms with Gasteiger partial charge in [0, 0.05) is 0 Å². The summed E-state index contributed by atoms with van der Waals surface area (Å²) in [6.07, 6.45) is 1.64. The lowest BCUT2D eigenvalue weighted by molar-refractivity contribution is 0.0970. The van der Waals surface area contributed by atoms with Crippen LogP contribution in [0.1, 0.15) is 34.6 Å². The minimum absolute atomic E-state index is 0.00356. The summed E-state index contributed by atoms with van der Waals surface area (Å²) < 4.78 is 17.4. The Labute approximate surface area is 192 Å². The van der Waals surface area contributed by atoms with Crippen LogP contribution in [0, 0.1) is 0 Å². The van der Waals surface area contributed by atoms with E-state index < -0.39 is 11.9 Å². The molecule has 8 nitrogen and oxygen atoms in total. The van der Waals surface area contributed by atoms with E-state index in [1.165, 1.54) is 21.7 Å². The number of nitrogens with zero attached hydrogens (tertiary/aromatic N) is 3. The highest BCUT2D eigenvalue weighted by atomic mass is 32.1. The molecule has 0 fully saturated rings. The summed E-state index contributed by atoms with van der Waals surface area (Å²) in [4.78, 5) is 28.4. The van der Waals surface area contributed by atoms with Gasteiger partial charge in [-0.2, -0.15) is 0 Å². The van der Waals surface area contributed by atoms with Crippen LogP contribution in [0.2, 0.25) is 0 Å². The Bertz CT molecular complexity index is 1410. The molecule has 0 aliphatic carbocycles. The zero-order chi connectivity index (χ0) is 22.9. The molecule has 33 heavy (non-hydrogen) atoms. The van der Waals surface area contributed by atoms with Gasteiger partial charge in [-0.3, -0.25) is 14.5 Å². The van der Waals surface area contributed by atoms with Crippen LogP contribution in [0.15, 0.2) is 69.8 Å². The minimum Gasteiger partial charge on any atom is -0.490 e. The highest BCUT2D eigenvalue weighted by Crippen LogP contribution is 2.43. The van der Waals surface area contributed by atoms with Crippen molar-refractivity contribution in [2.75, 3.05) is 18.1 Å². The molecule has 0 bridgehead atoms. The van der Waals surface area contributed by atoms with Crippen molar-refractivity contribution in [1.29, 1.82) is 0 Å². The molecule has 9 heteroatoms. The van der Waals surface area contributed by atoms with E-state index in [2.05, 4.69) is 16.8 Å². The quantitative estimate of drug-likeness (QED) is 0.378. The number of carbonyl (C=O) groups excluding carboxylic acids is 1. The lowest BCUT2D eigenvalue weighted by atomic mass is 9.98. The summed E-state index contributed by atoms with van der Waals surface area (Å²) in [6, 6.07) is 11.5. The van der Waals surface area contributed by atoms with Gasteiger partial charge in [0.15, 0.2) is 16.9 Å². The largest absolute Gasteiger partial charge is 0.490 e. The fourth-order valence-corrected chi connectivity index (χ4v) is 4.52. The van der Waals surface area contributed by atoms with E-state index in [0.717, 1.165) is 0 Å². The van der Waals surface area contributed by atoms with Gasteiger partial charge in [0.05, 0.1) is 23.6 Å². The van der Waals surface area contributed by atoms with Crippen LogP contribution in [-0.4, -0.2) is 29.3 Å². The number of rotatable bonds is 7. The SMILES string of the molecule is C=CCOc1ccc(C2c3c(oc4ccccc4c3=O)C(=O)N2c2nncs2)cc1OCC. The number of anilines is 1. The molecular formula is C24H19N3O5S. The first kappa shape index (κ1) is 20.9. The Morgan fingerprint density at radius 3 is 2.79 bits per heavy atom. The lowest BCUT2D eigenvalue weighted by Crippen LogP contribution is -2.29. The van der Waals surface area contributed by atoms with Gasteiger partial charge in [0.25, 0.3) is 5.91 Å². The van der Waals surface area contributed by atoms with Crippen molar-refractivity contribution in [3.8, 4) is 11.5 Å². The van der Waals surface area contributed by atoms with Gasteiger partial charge >= 0.3 is 0 Å². The number of fused-ring (bicyclic) bond motifs is 2. The highest BCUT2D eigenvalue weighted by molar-refractivity contribution is 7.13. The smallest absolute Gasteiger partial charge is 0.297 e. The van der Waals surface area contributed by atoms with Crippen LogP contribution < -0.4 is 19.8 Å². The van der Waals surface area contributed by atoms with Crippen molar-refractivity contribution < 1.29 is 18.7 Å². The number of aromatic nitrogens is 2. The summed E-state index contributed by atoms with van der Waals surface area (Å²) in [6.45, 7) is 6.27. The average Bonchev–Trinajstić information content (AvgIpc) is 3.45. The standard InChI is InChI=1S/C24H19N3O5S/c1-3-11-31-17-10-9-14(12-18(17)30-4-2)20-19-21(28)15-7-5-6-8-16(15)32-22(19)23(29)27(20)24-26-25-13-33-24/h3,5-10,12-13,20H,1,4,11H2,2H3. The van der Waals surface area contributed by atoms with Crippen LogP contribution in [0.3, 0.4) is 0 Å². The number of hydrogen-bond acceptors (Lipinski definition) is 8. The van der Waals surface area contributed by atoms with Gasteiger partial charge in [-0.25, -0.2) is 0 Å². The van der Waals surface area contributed by atoms with Crippen LogP contribution in [0.4, 0.5) is 5.13 Å². The fourth-order valence-electron chi connectivity index (χ4n) is 3.94. The molecule has 166 valence electrons. The third kappa shape index (κ3) is 3.46. The lowest BCUT2D eigenvalue weighted by Gasteiger charge is -2.23. The second kappa shape index (κ2) is 8.51. The Hall–Kier alpha value is -3.98. The predicted molar refractivity (Wildman–Crippen MR) is 124 cm³/mol. The Balaban J connectivity index is 1.74. The first-order valence-corrected chi connectivity index (χ1v) is 11.2. The van der Waals surface area contributed by atoms with Crippen LogP contribution in [0.5, 0.6) is 11.5 Å². The molecule has 1 aliphatic heterocycles. The van der Waals surface area contributed by atoms with E-state index in [9.17, 15) is 9.59 Å². The molecule has 2 aromatic carbocycles. The summed E-state index contributed by atoms with van der Waals surface area (Å²) in [5.74, 6) is 0.599. The summed E-state index contributed by atoms with van der Waals surface area (Å²) in [5, 5.41) is 8.73. The third-order valence-corrected chi connectivity index (χ3v) is 5.96. The topological polar surface area (TPSA) is 94.8 Å². The van der Waals surface area contributed by atoms with Crippen molar-refractivity contribution >= 4 is 33.3 Å². The van der Waals surface area contributed by atoms with Gasteiger partial charge in [-0.15, -0.1) is 10.2 Å². The molecule has 3 heterocycles. The molecule has 1 atom stereocenters. The second-order valence-corrected chi connectivity index (χ2v) is 8.02. The molecule has 1 amide bonds. The minimum atomic E-state index is -0.756. The van der Waals surface area contributed by atoms with E-state index in [1.807, 2.05) is 6.92 Å². The molecule has 0 radical (unpaired) electrons. The summed E-state index contributed by atoms with van der Waals surface area (Å²) in [5.41, 5.74) is 2.55. The van der Waals surface area contributed by atoms with Crippen molar-refractivity contribution in [3.05, 3.63) is 87.7 Å². The maximum absolute atomic E-state index is 13.5. The van der Waals surface area contributed by atoms with Crippen molar-refractivity contribution in [1.82, 2.24) is 10.2 Å². The maximum Gasteiger partial charge on any atom is 0.297 e. The van der Waals surface area contributed by atoms with Crippen molar-refractivity contribution in [2.24, 2.45) is 0 Å². The summed E-state index contributed by atoms with van der Waals surface area (Å²) in [7, 11) is 0. The number of para-hydroxylation sites is 1. The molecular weight excluding hydrogens is 442 g/mol. The number of ether oxygens (including phenoxy) is 2. The predicted octanol–water partition coefficient (Wildman–Crippen LogP) is 4.36. The Kier molecular flexibility index (Phi) is 5.39. The van der Waals surface area contributed by atoms with Gasteiger partial charge < -0.3 is 13.9 Å². The zero-order valence-electron chi connectivity index (χ0n) is 17.7. The zero-order valence-corrected chi connectivity index (χ0v) is 18.5. The van der Waals surface area contributed by atoms with E-state index in [-0.39, 0.29) is 16.8 Å². The highest BCUT2D eigenvalue weighted by Gasteiger charge is 2.45. The van der Waals surface area contributed by atoms with E-state index >= 15 is 0 Å². The average molecular weight is 461 g/mol. The molecule has 5 rings (SSSR count). The first-order valence-electron chi connectivity index (χ1n) is 10.3. The van der Waals surface area contributed by atoms with Crippen LogP contribution in [-0.2, 0) is 0 Å². The molecule has 1 unspecified atom stereocenters. The second-order valence-electron chi connectivity index (χ2n) is 7.21. The van der Waals surface area contributed by atoms with Crippen LogP contribution in [0.25, 0.3) is 11.0 Å².